The lowest BCUT2D eigenvalue weighted by molar-refractivity contribution is 0.199. The van der Waals surface area contributed by atoms with E-state index in [1.165, 1.54) is 0 Å². The number of halogens is 1. The van der Waals surface area contributed by atoms with Gasteiger partial charge in [0.25, 0.3) is 0 Å². The van der Waals surface area contributed by atoms with E-state index in [2.05, 4.69) is 33.8 Å². The Balaban J connectivity index is 2.93. The van der Waals surface area contributed by atoms with Crippen molar-refractivity contribution in [1.29, 1.82) is 5.26 Å². The summed E-state index contributed by atoms with van der Waals surface area (Å²) in [7, 11) is 0. The number of rotatable bonds is 5. The van der Waals surface area contributed by atoms with Crippen LogP contribution in [0.2, 0.25) is 0 Å². The van der Waals surface area contributed by atoms with Crippen LogP contribution in [0, 0.1) is 11.3 Å². The van der Waals surface area contributed by atoms with Crippen molar-refractivity contribution in [3.05, 3.63) is 28.2 Å². The first-order valence-electron chi connectivity index (χ1n) is 5.69. The molecule has 0 aliphatic heterocycles. The van der Waals surface area contributed by atoms with Crippen LogP contribution in [0.25, 0.3) is 0 Å². The third kappa shape index (κ3) is 3.72. The zero-order valence-electron chi connectivity index (χ0n) is 10.2. The lowest BCUT2D eigenvalue weighted by Crippen LogP contribution is -2.24. The van der Waals surface area contributed by atoms with E-state index in [9.17, 15) is 5.11 Å². The van der Waals surface area contributed by atoms with Gasteiger partial charge in [0.05, 0.1) is 24.3 Å². The third-order valence-corrected chi connectivity index (χ3v) is 3.31. The molecule has 1 unspecified atom stereocenters. The van der Waals surface area contributed by atoms with Crippen molar-refractivity contribution in [1.82, 2.24) is 0 Å². The summed E-state index contributed by atoms with van der Waals surface area (Å²) in [5.41, 5.74) is 1.95. The van der Waals surface area contributed by atoms with Gasteiger partial charge < -0.3 is 10.0 Å². The molecule has 0 spiro atoms. The smallest absolute Gasteiger partial charge is 0.0762 e. The third-order valence-electron chi connectivity index (χ3n) is 2.67. The number of aliphatic hydroxyl groups is 1. The quantitative estimate of drug-likeness (QED) is 0.907. The molecule has 1 atom stereocenters. The first-order chi connectivity index (χ1) is 8.10. The van der Waals surface area contributed by atoms with Gasteiger partial charge in [-0.3, -0.25) is 0 Å². The summed E-state index contributed by atoms with van der Waals surface area (Å²) in [6, 6.07) is 7.98. The normalized spacial score (nSPS) is 11.9. The number of anilines is 1. The number of aliphatic hydroxyl groups excluding tert-OH is 1. The molecular weight excluding hydrogens is 280 g/mol. The number of hydrogen-bond donors (Lipinski definition) is 1. The maximum absolute atomic E-state index is 9.50. The Kier molecular flexibility index (Phi) is 5.46. The van der Waals surface area contributed by atoms with Crippen LogP contribution >= 0.6 is 15.9 Å². The fraction of sp³-hybridized carbons (Fsp3) is 0.462. The van der Waals surface area contributed by atoms with Crippen LogP contribution in [0.3, 0.4) is 0 Å². The van der Waals surface area contributed by atoms with E-state index in [1.54, 1.807) is 6.92 Å². The number of nitriles is 1. The van der Waals surface area contributed by atoms with Gasteiger partial charge in [-0.1, -0.05) is 6.07 Å². The second kappa shape index (κ2) is 6.63. The van der Waals surface area contributed by atoms with Gasteiger partial charge in [-0.2, -0.15) is 5.26 Å². The highest BCUT2D eigenvalue weighted by atomic mass is 79.9. The van der Waals surface area contributed by atoms with E-state index >= 15 is 0 Å². The largest absolute Gasteiger partial charge is 0.389 e. The predicted molar refractivity (Wildman–Crippen MR) is 72.9 cm³/mol. The number of hydrogen-bond acceptors (Lipinski definition) is 3. The van der Waals surface area contributed by atoms with Gasteiger partial charge in [-0.15, -0.1) is 0 Å². The van der Waals surface area contributed by atoms with Gasteiger partial charge in [0.15, 0.2) is 0 Å². The molecule has 1 N–H and O–H groups in total. The number of benzene rings is 1. The SMILES string of the molecule is CCN(CCC#N)c1ccc(C(C)O)cc1Br. The molecule has 0 radical (unpaired) electrons. The minimum absolute atomic E-state index is 0.463. The van der Waals surface area contributed by atoms with Gasteiger partial charge in [-0.05, 0) is 47.5 Å². The standard InChI is InChI=1S/C13H17BrN2O/c1-3-16(8-4-7-15)13-6-5-11(10(2)17)9-12(13)14/h5-6,9-10,17H,3-4,8H2,1-2H3. The maximum Gasteiger partial charge on any atom is 0.0762 e. The van der Waals surface area contributed by atoms with Crippen LogP contribution in [0.5, 0.6) is 0 Å². The molecule has 0 aromatic heterocycles. The molecule has 0 aliphatic rings. The summed E-state index contributed by atoms with van der Waals surface area (Å²) >= 11 is 3.51. The van der Waals surface area contributed by atoms with Crippen molar-refractivity contribution in [2.24, 2.45) is 0 Å². The highest BCUT2D eigenvalue weighted by Crippen LogP contribution is 2.29. The Labute approximate surface area is 111 Å². The zero-order chi connectivity index (χ0) is 12.8. The number of nitrogens with zero attached hydrogens (tertiary/aromatic N) is 2. The summed E-state index contributed by atoms with van der Waals surface area (Å²) in [6.07, 6.45) is 0.0489. The zero-order valence-corrected chi connectivity index (χ0v) is 11.7. The first kappa shape index (κ1) is 14.0. The van der Waals surface area contributed by atoms with Crippen LogP contribution in [0.15, 0.2) is 22.7 Å². The molecule has 92 valence electrons. The average molecular weight is 297 g/mol. The molecule has 1 aromatic rings. The van der Waals surface area contributed by atoms with Gasteiger partial charge in [0.2, 0.25) is 0 Å². The molecule has 1 rings (SSSR count). The summed E-state index contributed by atoms with van der Waals surface area (Å²) in [5, 5.41) is 18.1. The summed E-state index contributed by atoms with van der Waals surface area (Å²) < 4.78 is 0.954. The Bertz CT molecular complexity index is 412. The van der Waals surface area contributed by atoms with E-state index in [4.69, 9.17) is 5.26 Å². The first-order valence-corrected chi connectivity index (χ1v) is 6.48. The highest BCUT2D eigenvalue weighted by molar-refractivity contribution is 9.10. The summed E-state index contributed by atoms with van der Waals surface area (Å²) in [6.45, 7) is 5.38. The lowest BCUT2D eigenvalue weighted by atomic mass is 10.1. The van der Waals surface area contributed by atoms with E-state index in [0.717, 1.165) is 28.8 Å². The molecule has 0 saturated heterocycles. The lowest BCUT2D eigenvalue weighted by Gasteiger charge is -2.23. The fourth-order valence-corrected chi connectivity index (χ4v) is 2.32. The topological polar surface area (TPSA) is 47.3 Å². The van der Waals surface area contributed by atoms with Crippen LogP contribution < -0.4 is 4.90 Å². The van der Waals surface area contributed by atoms with Crippen LogP contribution in [0.1, 0.15) is 31.9 Å². The molecular formula is C13H17BrN2O. The van der Waals surface area contributed by atoms with Gasteiger partial charge in [0.1, 0.15) is 0 Å². The summed E-state index contributed by atoms with van der Waals surface area (Å²) in [4.78, 5) is 2.14. The summed E-state index contributed by atoms with van der Waals surface area (Å²) in [5.74, 6) is 0. The van der Waals surface area contributed by atoms with Crippen molar-refractivity contribution >= 4 is 21.6 Å². The average Bonchev–Trinajstić information content (AvgIpc) is 2.31. The minimum Gasteiger partial charge on any atom is -0.389 e. The van der Waals surface area contributed by atoms with Crippen LogP contribution in [-0.2, 0) is 0 Å². The van der Waals surface area contributed by atoms with E-state index in [-0.39, 0.29) is 0 Å². The second-order valence-corrected chi connectivity index (χ2v) is 4.73. The van der Waals surface area contributed by atoms with Gasteiger partial charge in [-0.25, -0.2) is 0 Å². The monoisotopic (exact) mass is 296 g/mol. The second-order valence-electron chi connectivity index (χ2n) is 3.87. The van der Waals surface area contributed by atoms with E-state index < -0.39 is 6.10 Å². The minimum atomic E-state index is -0.463. The fourth-order valence-electron chi connectivity index (χ4n) is 1.67. The molecule has 3 nitrogen and oxygen atoms in total. The Morgan fingerprint density at radius 3 is 2.71 bits per heavy atom. The molecule has 0 heterocycles. The van der Waals surface area contributed by atoms with Crippen molar-refractivity contribution in [2.75, 3.05) is 18.0 Å². The Morgan fingerprint density at radius 2 is 2.24 bits per heavy atom. The van der Waals surface area contributed by atoms with E-state index in [0.29, 0.717) is 6.42 Å². The predicted octanol–water partition coefficient (Wildman–Crippen LogP) is 3.24. The molecule has 0 bridgehead atoms. The maximum atomic E-state index is 9.50. The molecule has 0 aliphatic carbocycles. The van der Waals surface area contributed by atoms with Crippen molar-refractivity contribution in [3.8, 4) is 6.07 Å². The van der Waals surface area contributed by atoms with E-state index in [1.807, 2.05) is 18.2 Å². The molecule has 0 amide bonds. The molecule has 0 fully saturated rings. The van der Waals surface area contributed by atoms with Crippen molar-refractivity contribution < 1.29 is 5.11 Å². The Hall–Kier alpha value is -1.05. The van der Waals surface area contributed by atoms with Crippen molar-refractivity contribution in [3.63, 3.8) is 0 Å². The Morgan fingerprint density at radius 1 is 1.53 bits per heavy atom. The van der Waals surface area contributed by atoms with Gasteiger partial charge >= 0.3 is 0 Å². The molecule has 1 aromatic carbocycles. The van der Waals surface area contributed by atoms with Crippen LogP contribution in [-0.4, -0.2) is 18.2 Å². The van der Waals surface area contributed by atoms with Crippen molar-refractivity contribution in [2.45, 2.75) is 26.4 Å². The highest BCUT2D eigenvalue weighted by Gasteiger charge is 2.10. The van der Waals surface area contributed by atoms with Crippen LogP contribution in [0.4, 0.5) is 5.69 Å². The molecule has 4 heteroatoms. The molecule has 17 heavy (non-hydrogen) atoms. The molecule has 0 saturated carbocycles. The van der Waals surface area contributed by atoms with Gasteiger partial charge in [0, 0.05) is 17.6 Å².